The average Bonchev–Trinajstić information content (AvgIpc) is 3.52. The summed E-state index contributed by atoms with van der Waals surface area (Å²) < 4.78 is 17.0. The number of aromatic hydroxyl groups is 1. The molecule has 2 heterocycles. The first-order valence-corrected chi connectivity index (χ1v) is 11.9. The number of carbonyl (C=O) groups is 1. The number of amides is 1. The molecule has 1 fully saturated rings. The van der Waals surface area contributed by atoms with Crippen molar-refractivity contribution in [3.63, 3.8) is 0 Å². The van der Waals surface area contributed by atoms with Crippen LogP contribution in [-0.4, -0.2) is 42.3 Å². The van der Waals surface area contributed by atoms with Gasteiger partial charge in [0.15, 0.2) is 0 Å². The number of methoxy groups -OCH3 is 1. The molecule has 2 N–H and O–H groups in total. The van der Waals surface area contributed by atoms with Crippen LogP contribution in [0.4, 0.5) is 5.69 Å². The van der Waals surface area contributed by atoms with E-state index in [1.165, 1.54) is 6.07 Å². The van der Waals surface area contributed by atoms with E-state index in [1.807, 2.05) is 42.5 Å². The zero-order valence-electron chi connectivity index (χ0n) is 19.4. The highest BCUT2D eigenvalue weighted by atomic mass is 35.5. The van der Waals surface area contributed by atoms with Crippen LogP contribution in [0.2, 0.25) is 5.02 Å². The molecule has 5 rings (SSSR count). The summed E-state index contributed by atoms with van der Waals surface area (Å²) in [5, 5.41) is 14.5. The molecule has 35 heavy (non-hydrogen) atoms. The van der Waals surface area contributed by atoms with Gasteiger partial charge in [-0.1, -0.05) is 41.9 Å². The summed E-state index contributed by atoms with van der Waals surface area (Å²) in [6, 6.07) is 16.7. The molecule has 7 nitrogen and oxygen atoms in total. The fraction of sp³-hybridized carbons (Fsp3) is 0.296. The molecule has 0 radical (unpaired) electrons. The zero-order valence-corrected chi connectivity index (χ0v) is 20.2. The van der Waals surface area contributed by atoms with Crippen molar-refractivity contribution in [2.45, 2.75) is 32.2 Å². The molecule has 8 heteroatoms. The van der Waals surface area contributed by atoms with Crippen LogP contribution in [0.15, 0.2) is 54.6 Å². The number of nitrogens with zero attached hydrogens (tertiary/aromatic N) is 1. The molecule has 0 bridgehead atoms. The van der Waals surface area contributed by atoms with Crippen LogP contribution >= 0.6 is 11.6 Å². The van der Waals surface area contributed by atoms with E-state index in [0.29, 0.717) is 24.7 Å². The zero-order chi connectivity index (χ0) is 24.4. The summed E-state index contributed by atoms with van der Waals surface area (Å²) in [5.41, 5.74) is 4.01. The number of benzene rings is 3. The molecule has 3 aromatic rings. The van der Waals surface area contributed by atoms with Crippen molar-refractivity contribution in [3.05, 3.63) is 81.9 Å². The molecule has 0 spiro atoms. The van der Waals surface area contributed by atoms with Gasteiger partial charge in [-0.15, -0.1) is 0 Å². The lowest BCUT2D eigenvalue weighted by atomic mass is 10.1. The number of phenolic OH excluding ortho intramolecular Hbond substituents is 1. The molecule has 1 amide bonds. The Morgan fingerprint density at radius 3 is 2.77 bits per heavy atom. The summed E-state index contributed by atoms with van der Waals surface area (Å²) in [7, 11) is 1.63. The molecule has 2 aliphatic rings. The number of phenols is 1. The van der Waals surface area contributed by atoms with E-state index in [9.17, 15) is 9.90 Å². The standard InChI is InChI=1S/C27H27ClN2O5/c1-33-21-9-18-13-30(14-22(18)23(12-21)29-20-7-8-34-16-20)27(32)26-24(31)10-19(28)11-25(26)35-15-17-5-3-2-4-6-17/h2-6,9-12,20,29,31H,7-8,13-16H2,1H3/t20-/m1/s1. The van der Waals surface area contributed by atoms with Crippen molar-refractivity contribution in [2.75, 3.05) is 25.6 Å². The number of anilines is 1. The molecule has 1 atom stereocenters. The number of fused-ring (bicyclic) bond motifs is 1. The van der Waals surface area contributed by atoms with E-state index >= 15 is 0 Å². The van der Waals surface area contributed by atoms with Gasteiger partial charge in [-0.2, -0.15) is 0 Å². The molecule has 0 aromatic heterocycles. The second-order valence-corrected chi connectivity index (χ2v) is 9.19. The van der Waals surface area contributed by atoms with Crippen LogP contribution in [0.5, 0.6) is 17.2 Å². The molecule has 0 saturated carbocycles. The van der Waals surface area contributed by atoms with Gasteiger partial charge < -0.3 is 29.5 Å². The molecule has 0 unspecified atom stereocenters. The third kappa shape index (κ3) is 5.01. The highest BCUT2D eigenvalue weighted by molar-refractivity contribution is 6.31. The van der Waals surface area contributed by atoms with Gasteiger partial charge in [-0.05, 0) is 41.3 Å². The minimum absolute atomic E-state index is 0.101. The van der Waals surface area contributed by atoms with Crippen LogP contribution < -0.4 is 14.8 Å². The maximum absolute atomic E-state index is 13.7. The van der Waals surface area contributed by atoms with Crippen molar-refractivity contribution < 1.29 is 24.1 Å². The SMILES string of the molecule is COc1cc2c(c(N[C@@H]3CCOC3)c1)CN(C(=O)c1c(O)cc(Cl)cc1OCc1ccccc1)C2. The van der Waals surface area contributed by atoms with Crippen LogP contribution in [0.25, 0.3) is 0 Å². The number of rotatable bonds is 7. The quantitative estimate of drug-likeness (QED) is 0.481. The van der Waals surface area contributed by atoms with E-state index in [4.69, 9.17) is 25.8 Å². The van der Waals surface area contributed by atoms with Crippen molar-refractivity contribution in [1.82, 2.24) is 4.90 Å². The molecule has 1 saturated heterocycles. The molecular weight excluding hydrogens is 468 g/mol. The second kappa shape index (κ2) is 10.1. The fourth-order valence-electron chi connectivity index (χ4n) is 4.53. The van der Waals surface area contributed by atoms with Gasteiger partial charge in [0, 0.05) is 36.5 Å². The monoisotopic (exact) mass is 494 g/mol. The minimum atomic E-state index is -0.326. The first-order valence-electron chi connectivity index (χ1n) is 11.5. The lowest BCUT2D eigenvalue weighted by Crippen LogP contribution is -2.26. The Kier molecular flexibility index (Phi) is 6.70. The lowest BCUT2D eigenvalue weighted by Gasteiger charge is -2.20. The predicted molar refractivity (Wildman–Crippen MR) is 133 cm³/mol. The van der Waals surface area contributed by atoms with Gasteiger partial charge in [0.25, 0.3) is 5.91 Å². The molecular formula is C27H27ClN2O5. The second-order valence-electron chi connectivity index (χ2n) is 8.75. The van der Waals surface area contributed by atoms with E-state index in [1.54, 1.807) is 18.1 Å². The van der Waals surface area contributed by atoms with Gasteiger partial charge in [0.2, 0.25) is 0 Å². The molecule has 2 aliphatic heterocycles. The van der Waals surface area contributed by atoms with E-state index < -0.39 is 0 Å². The van der Waals surface area contributed by atoms with Crippen LogP contribution in [0.3, 0.4) is 0 Å². The summed E-state index contributed by atoms with van der Waals surface area (Å²) in [4.78, 5) is 15.4. The Bertz CT molecular complexity index is 1230. The smallest absolute Gasteiger partial charge is 0.262 e. The van der Waals surface area contributed by atoms with E-state index in [2.05, 4.69) is 5.32 Å². The highest BCUT2D eigenvalue weighted by Gasteiger charge is 2.31. The topological polar surface area (TPSA) is 80.3 Å². The van der Waals surface area contributed by atoms with E-state index in [0.717, 1.165) is 41.2 Å². The summed E-state index contributed by atoms with van der Waals surface area (Å²) in [6.45, 7) is 2.41. The minimum Gasteiger partial charge on any atom is -0.507 e. The highest BCUT2D eigenvalue weighted by Crippen LogP contribution is 2.39. The van der Waals surface area contributed by atoms with Gasteiger partial charge in [0.1, 0.15) is 29.4 Å². The van der Waals surface area contributed by atoms with Crippen molar-refractivity contribution in [2.24, 2.45) is 0 Å². The number of ether oxygens (including phenoxy) is 3. The third-order valence-corrected chi connectivity index (χ3v) is 6.55. The normalized spacial score (nSPS) is 16.7. The third-order valence-electron chi connectivity index (χ3n) is 6.34. The van der Waals surface area contributed by atoms with Crippen LogP contribution in [0.1, 0.15) is 33.5 Å². The van der Waals surface area contributed by atoms with Gasteiger partial charge in [-0.25, -0.2) is 0 Å². The van der Waals surface area contributed by atoms with Crippen molar-refractivity contribution in [1.29, 1.82) is 0 Å². The first kappa shape index (κ1) is 23.3. The molecule has 182 valence electrons. The summed E-state index contributed by atoms with van der Waals surface area (Å²) in [5.74, 6) is 0.438. The van der Waals surface area contributed by atoms with Gasteiger partial charge in [-0.3, -0.25) is 4.79 Å². The number of hydrogen-bond acceptors (Lipinski definition) is 6. The van der Waals surface area contributed by atoms with E-state index in [-0.39, 0.29) is 35.6 Å². The van der Waals surface area contributed by atoms with Crippen molar-refractivity contribution >= 4 is 23.2 Å². The first-order chi connectivity index (χ1) is 17.0. The summed E-state index contributed by atoms with van der Waals surface area (Å²) in [6.07, 6.45) is 0.926. The van der Waals surface area contributed by atoms with Crippen LogP contribution in [-0.2, 0) is 24.4 Å². The predicted octanol–water partition coefficient (Wildman–Crippen LogP) is 4.99. The van der Waals surface area contributed by atoms with Crippen LogP contribution in [0, 0.1) is 0 Å². The number of halogens is 1. The Labute approximate surface area is 209 Å². The summed E-state index contributed by atoms with van der Waals surface area (Å²) >= 11 is 6.18. The Morgan fingerprint density at radius 2 is 2.03 bits per heavy atom. The number of hydrogen-bond donors (Lipinski definition) is 2. The Hall–Kier alpha value is -3.42. The Morgan fingerprint density at radius 1 is 1.20 bits per heavy atom. The largest absolute Gasteiger partial charge is 0.507 e. The maximum Gasteiger partial charge on any atom is 0.262 e. The average molecular weight is 495 g/mol. The van der Waals surface area contributed by atoms with Crippen molar-refractivity contribution in [3.8, 4) is 17.2 Å². The Balaban J connectivity index is 1.41. The van der Waals surface area contributed by atoms with Gasteiger partial charge in [0.05, 0.1) is 19.8 Å². The number of nitrogens with one attached hydrogen (secondary N) is 1. The molecule has 0 aliphatic carbocycles. The molecule has 3 aromatic carbocycles. The fourth-order valence-corrected chi connectivity index (χ4v) is 4.73. The number of carbonyl (C=O) groups excluding carboxylic acids is 1. The lowest BCUT2D eigenvalue weighted by molar-refractivity contribution is 0.0743. The maximum atomic E-state index is 13.7. The van der Waals surface area contributed by atoms with Gasteiger partial charge >= 0.3 is 0 Å².